The number of amides is 1. The number of aliphatic carboxylic acids is 1. The number of carboxylic acids is 1. The average molecular weight is 439 g/mol. The quantitative estimate of drug-likeness (QED) is 0.515. The predicted octanol–water partition coefficient (Wildman–Crippen LogP) is 2.75. The Morgan fingerprint density at radius 1 is 1.37 bits per heavy atom. The van der Waals surface area contributed by atoms with Crippen LogP contribution in [0.15, 0.2) is 29.2 Å². The summed E-state index contributed by atoms with van der Waals surface area (Å²) in [6, 6.07) is 7.27. The Morgan fingerprint density at radius 2 is 2.03 bits per heavy atom. The highest BCUT2D eigenvalue weighted by Crippen LogP contribution is 2.40. The third kappa shape index (κ3) is 6.70. The number of anilines is 1. The summed E-state index contributed by atoms with van der Waals surface area (Å²) in [5.74, 6) is -1.62. The molecular formula is C22H34N2O5S. The van der Waals surface area contributed by atoms with Crippen molar-refractivity contribution in [3.05, 3.63) is 24.3 Å². The molecule has 0 bridgehead atoms. The van der Waals surface area contributed by atoms with Gasteiger partial charge in [-0.1, -0.05) is 32.9 Å². The summed E-state index contributed by atoms with van der Waals surface area (Å²) in [5, 5.41) is 19.5. The molecule has 0 saturated carbocycles. The number of carbonyl (C=O) groups excluding carboxylic acids is 1. The average Bonchev–Trinajstić information content (AvgIpc) is 2.66. The van der Waals surface area contributed by atoms with Crippen molar-refractivity contribution < 1.29 is 24.5 Å². The van der Waals surface area contributed by atoms with E-state index in [2.05, 4.69) is 0 Å². The molecule has 7 nitrogen and oxygen atoms in total. The van der Waals surface area contributed by atoms with Crippen LogP contribution < -0.4 is 10.6 Å². The minimum atomic E-state index is -0.956. The number of rotatable bonds is 10. The van der Waals surface area contributed by atoms with Crippen molar-refractivity contribution in [2.24, 2.45) is 17.1 Å². The topological polar surface area (TPSA) is 113 Å². The van der Waals surface area contributed by atoms with Crippen LogP contribution in [0.2, 0.25) is 0 Å². The zero-order valence-electron chi connectivity index (χ0n) is 18.2. The van der Waals surface area contributed by atoms with Crippen LogP contribution in [-0.2, 0) is 14.3 Å². The molecule has 2 rings (SSSR count). The molecule has 30 heavy (non-hydrogen) atoms. The molecule has 0 unspecified atom stereocenters. The molecule has 0 aliphatic carbocycles. The first-order chi connectivity index (χ1) is 14.0. The third-order valence-electron chi connectivity index (χ3n) is 5.42. The van der Waals surface area contributed by atoms with E-state index in [1.54, 1.807) is 25.8 Å². The molecule has 1 aromatic rings. The number of aliphatic hydroxyl groups excluding tert-OH is 1. The second kappa shape index (κ2) is 10.6. The zero-order valence-corrected chi connectivity index (χ0v) is 19.0. The fraction of sp³-hybridized carbons (Fsp3) is 0.636. The zero-order chi connectivity index (χ0) is 22.5. The summed E-state index contributed by atoms with van der Waals surface area (Å²) in [5.41, 5.74) is 6.62. The van der Waals surface area contributed by atoms with Crippen LogP contribution in [0.5, 0.6) is 0 Å². The largest absolute Gasteiger partial charge is 0.481 e. The number of benzene rings is 1. The monoisotopic (exact) mass is 438 g/mol. The first-order valence-electron chi connectivity index (χ1n) is 10.3. The van der Waals surface area contributed by atoms with E-state index >= 15 is 0 Å². The lowest BCUT2D eigenvalue weighted by Crippen LogP contribution is -2.44. The van der Waals surface area contributed by atoms with E-state index < -0.39 is 29.4 Å². The van der Waals surface area contributed by atoms with Gasteiger partial charge < -0.3 is 25.6 Å². The van der Waals surface area contributed by atoms with E-state index in [-0.39, 0.29) is 24.0 Å². The number of methoxy groups -OCH3 is 1. The summed E-state index contributed by atoms with van der Waals surface area (Å²) in [6.45, 7) is 6.60. The number of carboxylic acid groups (broad SMARTS) is 1. The first kappa shape index (κ1) is 24.7. The Labute approximate surface area is 183 Å². The van der Waals surface area contributed by atoms with E-state index in [0.29, 0.717) is 19.6 Å². The van der Waals surface area contributed by atoms with E-state index in [0.717, 1.165) is 10.6 Å². The SMILES string of the molecule is COC[C@H]1CN(C(=O)CC(C)(C)C[C@H](N)[C@@H](O)C[C@@H](C)C(=O)O)c2ccccc2S1. The number of para-hydroxylation sites is 1. The molecule has 0 fully saturated rings. The molecule has 1 aromatic carbocycles. The highest BCUT2D eigenvalue weighted by Gasteiger charge is 2.34. The van der Waals surface area contributed by atoms with Crippen molar-refractivity contribution in [2.75, 3.05) is 25.2 Å². The van der Waals surface area contributed by atoms with Crippen LogP contribution in [0.25, 0.3) is 0 Å². The van der Waals surface area contributed by atoms with Gasteiger partial charge in [0, 0.05) is 31.0 Å². The number of hydrogen-bond acceptors (Lipinski definition) is 6. The van der Waals surface area contributed by atoms with Crippen molar-refractivity contribution in [2.45, 2.75) is 62.3 Å². The Kier molecular flexibility index (Phi) is 8.73. The maximum atomic E-state index is 13.2. The highest BCUT2D eigenvalue weighted by atomic mass is 32.2. The lowest BCUT2D eigenvalue weighted by atomic mass is 9.80. The van der Waals surface area contributed by atoms with E-state index in [9.17, 15) is 14.7 Å². The van der Waals surface area contributed by atoms with E-state index in [4.69, 9.17) is 15.6 Å². The molecule has 0 radical (unpaired) electrons. The minimum Gasteiger partial charge on any atom is -0.481 e. The van der Waals surface area contributed by atoms with Gasteiger partial charge in [0.2, 0.25) is 5.91 Å². The van der Waals surface area contributed by atoms with Gasteiger partial charge in [0.25, 0.3) is 0 Å². The molecule has 0 saturated heterocycles. The summed E-state index contributed by atoms with van der Waals surface area (Å²) in [4.78, 5) is 27.2. The molecule has 4 N–H and O–H groups in total. The number of nitrogens with zero attached hydrogens (tertiary/aromatic N) is 1. The fourth-order valence-electron chi connectivity index (χ4n) is 3.80. The maximum absolute atomic E-state index is 13.2. The molecule has 1 heterocycles. The second-order valence-corrected chi connectivity index (χ2v) is 10.3. The Bertz CT molecular complexity index is 742. The van der Waals surface area contributed by atoms with E-state index in [1.807, 2.05) is 43.0 Å². The van der Waals surface area contributed by atoms with Crippen LogP contribution >= 0.6 is 11.8 Å². The predicted molar refractivity (Wildman–Crippen MR) is 119 cm³/mol. The molecule has 1 amide bonds. The van der Waals surface area contributed by atoms with Gasteiger partial charge in [0.05, 0.1) is 29.6 Å². The van der Waals surface area contributed by atoms with Gasteiger partial charge in [0.15, 0.2) is 0 Å². The van der Waals surface area contributed by atoms with Gasteiger partial charge in [-0.3, -0.25) is 9.59 Å². The van der Waals surface area contributed by atoms with Gasteiger partial charge in [-0.15, -0.1) is 11.8 Å². The molecule has 8 heteroatoms. The molecule has 1 aliphatic heterocycles. The van der Waals surface area contributed by atoms with E-state index in [1.165, 1.54) is 0 Å². The van der Waals surface area contributed by atoms with Gasteiger partial charge in [0.1, 0.15) is 0 Å². The molecule has 168 valence electrons. The minimum absolute atomic E-state index is 0.00875. The molecule has 0 spiro atoms. The summed E-state index contributed by atoms with van der Waals surface area (Å²) in [6.07, 6.45) is -0.141. The molecule has 1 aliphatic rings. The maximum Gasteiger partial charge on any atom is 0.306 e. The Morgan fingerprint density at radius 3 is 2.67 bits per heavy atom. The number of carbonyl (C=O) groups is 2. The number of aliphatic hydroxyl groups is 1. The molecule has 4 atom stereocenters. The standard InChI is InChI=1S/C22H34N2O5S/c1-14(21(27)28)9-18(25)16(23)10-22(2,3)11-20(26)24-12-15(13-29-4)30-19-8-6-5-7-17(19)24/h5-8,14-16,18,25H,9-13,23H2,1-4H3,(H,27,28)/t14-,15-,16+,18+/m1/s1. The Hall–Kier alpha value is -1.61. The normalized spacial score (nSPS) is 19.7. The summed E-state index contributed by atoms with van der Waals surface area (Å²) < 4.78 is 5.31. The van der Waals surface area contributed by atoms with Crippen LogP contribution in [0.3, 0.4) is 0 Å². The smallest absolute Gasteiger partial charge is 0.306 e. The number of nitrogens with two attached hydrogens (primary N) is 1. The number of fused-ring (bicyclic) bond motifs is 1. The van der Waals surface area contributed by atoms with Gasteiger partial charge in [-0.2, -0.15) is 0 Å². The second-order valence-electron chi connectivity index (χ2n) is 8.92. The van der Waals surface area contributed by atoms with Crippen molar-refractivity contribution in [3.8, 4) is 0 Å². The van der Waals surface area contributed by atoms with Gasteiger partial charge >= 0.3 is 5.97 Å². The van der Waals surface area contributed by atoms with Crippen LogP contribution in [0.1, 0.15) is 40.0 Å². The van der Waals surface area contributed by atoms with Crippen LogP contribution in [0, 0.1) is 11.3 Å². The van der Waals surface area contributed by atoms with Crippen molar-refractivity contribution in [3.63, 3.8) is 0 Å². The molecule has 0 aromatic heterocycles. The van der Waals surface area contributed by atoms with Crippen LogP contribution in [0.4, 0.5) is 5.69 Å². The lowest BCUT2D eigenvalue weighted by Gasteiger charge is -2.37. The highest BCUT2D eigenvalue weighted by molar-refractivity contribution is 8.00. The lowest BCUT2D eigenvalue weighted by molar-refractivity contribution is -0.142. The van der Waals surface area contributed by atoms with Crippen molar-refractivity contribution in [1.29, 1.82) is 0 Å². The van der Waals surface area contributed by atoms with Crippen molar-refractivity contribution in [1.82, 2.24) is 0 Å². The van der Waals surface area contributed by atoms with Gasteiger partial charge in [-0.05, 0) is 30.4 Å². The van der Waals surface area contributed by atoms with Crippen molar-refractivity contribution >= 4 is 29.3 Å². The van der Waals surface area contributed by atoms with Gasteiger partial charge in [-0.25, -0.2) is 0 Å². The molecular weight excluding hydrogens is 404 g/mol. The Balaban J connectivity index is 2.05. The fourth-order valence-corrected chi connectivity index (χ4v) is 5.04. The van der Waals surface area contributed by atoms with Crippen LogP contribution in [-0.4, -0.2) is 59.7 Å². The number of thioether (sulfide) groups is 1. The first-order valence-corrected chi connectivity index (χ1v) is 11.1. The third-order valence-corrected chi connectivity index (χ3v) is 6.64. The summed E-state index contributed by atoms with van der Waals surface area (Å²) >= 11 is 1.72. The number of ether oxygens (including phenoxy) is 1. The summed E-state index contributed by atoms with van der Waals surface area (Å²) in [7, 11) is 1.66. The number of hydrogen-bond donors (Lipinski definition) is 3.